The fourth-order valence-corrected chi connectivity index (χ4v) is 8.96. The number of hydrogen-bond acceptors (Lipinski definition) is 5. The van der Waals surface area contributed by atoms with Gasteiger partial charge >= 0.3 is 17.9 Å². The number of rotatable bonds is 2. The zero-order valence-electron chi connectivity index (χ0n) is 18.0. The standard InChI is InChI=1S/C26H28O5/c1-10-4-15(17-7-13-8-19(17)23-21(13)25(28)31-26(23)29)11(2)3-14(10)16-5-12-6-18(16)22-20(12)9-30-24(22)27/h3-4,12-13,16-23H,5-9H2,1-2H3. The molecule has 4 saturated carbocycles. The van der Waals surface area contributed by atoms with Crippen LogP contribution in [0.5, 0.6) is 0 Å². The van der Waals surface area contributed by atoms with Crippen molar-refractivity contribution in [3.05, 3.63) is 34.4 Å². The summed E-state index contributed by atoms with van der Waals surface area (Å²) in [6, 6.07) is 4.72. The van der Waals surface area contributed by atoms with Crippen molar-refractivity contribution in [3.63, 3.8) is 0 Å². The van der Waals surface area contributed by atoms with Gasteiger partial charge in [-0.05, 0) is 97.3 Å². The fourth-order valence-electron chi connectivity index (χ4n) is 8.96. The number of ether oxygens (including phenoxy) is 2. The Hall–Kier alpha value is -2.17. The molecule has 0 spiro atoms. The van der Waals surface area contributed by atoms with Crippen LogP contribution in [-0.2, 0) is 23.9 Å². The van der Waals surface area contributed by atoms with E-state index >= 15 is 0 Å². The number of fused-ring (bicyclic) bond motifs is 10. The van der Waals surface area contributed by atoms with E-state index in [-0.39, 0.29) is 47.5 Å². The van der Waals surface area contributed by atoms with E-state index in [2.05, 4.69) is 26.0 Å². The van der Waals surface area contributed by atoms with Gasteiger partial charge in [0, 0.05) is 5.92 Å². The summed E-state index contributed by atoms with van der Waals surface area (Å²) in [4.78, 5) is 36.8. The second-order valence-corrected chi connectivity index (χ2v) is 11.2. The van der Waals surface area contributed by atoms with Crippen molar-refractivity contribution in [1.82, 2.24) is 0 Å². The minimum atomic E-state index is -0.293. The molecule has 6 fully saturated rings. The summed E-state index contributed by atoms with van der Waals surface area (Å²) in [6.07, 6.45) is 4.30. The first-order valence-corrected chi connectivity index (χ1v) is 12.0. The summed E-state index contributed by atoms with van der Waals surface area (Å²) < 4.78 is 10.4. The highest BCUT2D eigenvalue weighted by Crippen LogP contribution is 2.63. The Kier molecular flexibility index (Phi) is 3.56. The van der Waals surface area contributed by atoms with Crippen molar-refractivity contribution >= 4 is 17.9 Å². The molecule has 0 radical (unpaired) electrons. The van der Waals surface area contributed by atoms with Crippen LogP contribution in [0.1, 0.15) is 59.8 Å². The zero-order chi connectivity index (χ0) is 21.2. The van der Waals surface area contributed by atoms with Gasteiger partial charge in [0.15, 0.2) is 0 Å². The molecular weight excluding hydrogens is 392 g/mol. The second-order valence-electron chi connectivity index (χ2n) is 11.2. The number of esters is 3. The van der Waals surface area contributed by atoms with Crippen LogP contribution >= 0.6 is 0 Å². The fraction of sp³-hybridized carbons (Fsp3) is 0.654. The smallest absolute Gasteiger partial charge is 0.317 e. The van der Waals surface area contributed by atoms with Gasteiger partial charge in [0.25, 0.3) is 0 Å². The third kappa shape index (κ3) is 2.25. The second kappa shape index (κ2) is 5.99. The number of carbonyl (C=O) groups excluding carboxylic acids is 3. The Morgan fingerprint density at radius 3 is 1.97 bits per heavy atom. The number of cyclic esters (lactones) is 3. The highest BCUT2D eigenvalue weighted by Gasteiger charge is 2.63. The molecule has 4 aliphatic carbocycles. The Balaban J connectivity index is 1.20. The van der Waals surface area contributed by atoms with Crippen molar-refractivity contribution in [2.45, 2.75) is 51.4 Å². The van der Waals surface area contributed by atoms with Crippen LogP contribution in [0.4, 0.5) is 0 Å². The molecule has 2 saturated heterocycles. The number of aryl methyl sites for hydroxylation is 2. The largest absolute Gasteiger partial charge is 0.465 e. The molecule has 31 heavy (non-hydrogen) atoms. The van der Waals surface area contributed by atoms with E-state index in [1.54, 1.807) is 0 Å². The number of benzene rings is 1. The first-order chi connectivity index (χ1) is 14.9. The molecule has 10 atom stereocenters. The lowest BCUT2D eigenvalue weighted by atomic mass is 9.69. The van der Waals surface area contributed by atoms with Crippen molar-refractivity contribution in [3.8, 4) is 0 Å². The monoisotopic (exact) mass is 420 g/mol. The normalized spacial score (nSPS) is 46.5. The predicted molar refractivity (Wildman–Crippen MR) is 110 cm³/mol. The van der Waals surface area contributed by atoms with Crippen LogP contribution in [0.25, 0.3) is 0 Å². The molecule has 7 rings (SSSR count). The summed E-state index contributed by atoms with van der Waals surface area (Å²) in [6.45, 7) is 5.03. The third-order valence-electron chi connectivity index (χ3n) is 10.1. The highest BCUT2D eigenvalue weighted by atomic mass is 16.6. The first-order valence-electron chi connectivity index (χ1n) is 12.0. The summed E-state index contributed by atoms with van der Waals surface area (Å²) >= 11 is 0. The van der Waals surface area contributed by atoms with Gasteiger partial charge in [-0.1, -0.05) is 12.1 Å². The molecule has 10 unspecified atom stereocenters. The maximum Gasteiger partial charge on any atom is 0.317 e. The van der Waals surface area contributed by atoms with Crippen LogP contribution in [0, 0.1) is 61.2 Å². The van der Waals surface area contributed by atoms with E-state index in [1.807, 2.05) is 0 Å². The Morgan fingerprint density at radius 2 is 1.26 bits per heavy atom. The molecule has 6 aliphatic rings. The van der Waals surface area contributed by atoms with Gasteiger partial charge in [-0.2, -0.15) is 0 Å². The third-order valence-corrected chi connectivity index (χ3v) is 10.1. The Morgan fingerprint density at radius 1 is 0.677 bits per heavy atom. The molecule has 0 amide bonds. The molecule has 0 aromatic heterocycles. The topological polar surface area (TPSA) is 69.7 Å². The SMILES string of the molecule is Cc1cc(C2CC3CC2C2C(=O)OC(=O)C32)c(C)cc1C1CC2CC1C1C(=O)OCC21. The lowest BCUT2D eigenvalue weighted by Gasteiger charge is -2.32. The van der Waals surface area contributed by atoms with Gasteiger partial charge in [-0.3, -0.25) is 14.4 Å². The molecule has 5 nitrogen and oxygen atoms in total. The van der Waals surface area contributed by atoms with Gasteiger partial charge in [0.1, 0.15) is 0 Å². The molecular formula is C26H28O5. The van der Waals surface area contributed by atoms with E-state index in [4.69, 9.17) is 9.47 Å². The van der Waals surface area contributed by atoms with Crippen molar-refractivity contribution in [2.75, 3.05) is 6.61 Å². The Labute approximate surface area is 181 Å². The van der Waals surface area contributed by atoms with E-state index in [1.165, 1.54) is 35.1 Å². The van der Waals surface area contributed by atoms with Gasteiger partial charge < -0.3 is 9.47 Å². The summed E-state index contributed by atoms with van der Waals surface area (Å²) in [5, 5.41) is 0. The van der Waals surface area contributed by atoms with Crippen molar-refractivity contribution in [2.24, 2.45) is 47.3 Å². The number of carbonyl (C=O) groups is 3. The molecule has 5 heteroatoms. The lowest BCUT2D eigenvalue weighted by Crippen LogP contribution is -2.30. The highest BCUT2D eigenvalue weighted by molar-refractivity contribution is 5.97. The van der Waals surface area contributed by atoms with Crippen LogP contribution in [0.15, 0.2) is 12.1 Å². The van der Waals surface area contributed by atoms with Gasteiger partial charge in [-0.15, -0.1) is 0 Å². The van der Waals surface area contributed by atoms with Crippen LogP contribution < -0.4 is 0 Å². The lowest BCUT2D eigenvalue weighted by molar-refractivity contribution is -0.154. The van der Waals surface area contributed by atoms with Crippen molar-refractivity contribution in [1.29, 1.82) is 0 Å². The predicted octanol–water partition coefficient (Wildman–Crippen LogP) is 3.66. The van der Waals surface area contributed by atoms with Crippen LogP contribution in [0.3, 0.4) is 0 Å². The summed E-state index contributed by atoms with van der Waals surface area (Å²) in [5.41, 5.74) is 5.36. The quantitative estimate of drug-likeness (QED) is 0.540. The van der Waals surface area contributed by atoms with Gasteiger partial charge in [-0.25, -0.2) is 0 Å². The van der Waals surface area contributed by atoms with Crippen molar-refractivity contribution < 1.29 is 23.9 Å². The summed E-state index contributed by atoms with van der Waals surface area (Å²) in [7, 11) is 0. The molecule has 1 aromatic carbocycles. The van der Waals surface area contributed by atoms with Gasteiger partial charge in [0.05, 0.1) is 24.4 Å². The molecule has 0 N–H and O–H groups in total. The maximum atomic E-state index is 12.3. The van der Waals surface area contributed by atoms with E-state index < -0.39 is 0 Å². The van der Waals surface area contributed by atoms with E-state index in [0.717, 1.165) is 12.8 Å². The van der Waals surface area contributed by atoms with E-state index in [0.29, 0.717) is 36.2 Å². The molecule has 2 aliphatic heterocycles. The van der Waals surface area contributed by atoms with Crippen LogP contribution in [0.2, 0.25) is 0 Å². The summed E-state index contributed by atoms with van der Waals surface area (Å²) in [5.74, 6) is 1.95. The minimum Gasteiger partial charge on any atom is -0.465 e. The molecule has 1 aromatic rings. The zero-order valence-corrected chi connectivity index (χ0v) is 18.0. The average molecular weight is 421 g/mol. The Bertz CT molecular complexity index is 1040. The molecule has 2 heterocycles. The molecule has 162 valence electrons. The van der Waals surface area contributed by atoms with E-state index in [9.17, 15) is 14.4 Å². The first kappa shape index (κ1) is 18.4. The van der Waals surface area contributed by atoms with Gasteiger partial charge in [0.2, 0.25) is 0 Å². The van der Waals surface area contributed by atoms with Crippen LogP contribution in [-0.4, -0.2) is 24.5 Å². The number of hydrogen-bond donors (Lipinski definition) is 0. The molecule has 4 bridgehead atoms. The average Bonchev–Trinajstić information content (AvgIpc) is 3.54. The maximum absolute atomic E-state index is 12.3. The minimum absolute atomic E-state index is 0.0303.